The van der Waals surface area contributed by atoms with Gasteiger partial charge in [0.05, 0.1) is 17.6 Å². The van der Waals surface area contributed by atoms with E-state index in [-0.39, 0.29) is 12.1 Å². The number of piperazine rings is 1. The van der Waals surface area contributed by atoms with Crippen molar-refractivity contribution in [3.8, 4) is 0 Å². The molecule has 1 saturated heterocycles. The molecule has 0 aliphatic carbocycles. The van der Waals surface area contributed by atoms with E-state index in [1.54, 1.807) is 7.11 Å². The summed E-state index contributed by atoms with van der Waals surface area (Å²) in [4.78, 5) is 5.87. The van der Waals surface area contributed by atoms with Crippen molar-refractivity contribution >= 4 is 17.7 Å². The quantitative estimate of drug-likeness (QED) is 0.573. The van der Waals surface area contributed by atoms with Gasteiger partial charge in [-0.3, -0.25) is 9.80 Å². The number of hydrogen-bond donors (Lipinski definition) is 1. The van der Waals surface area contributed by atoms with E-state index >= 15 is 0 Å². The molecule has 9 heteroatoms. The van der Waals surface area contributed by atoms with E-state index in [4.69, 9.17) is 17.0 Å². The third-order valence-electron chi connectivity index (χ3n) is 7.33. The van der Waals surface area contributed by atoms with Gasteiger partial charge in [0.25, 0.3) is 0 Å². The van der Waals surface area contributed by atoms with E-state index in [0.717, 1.165) is 11.3 Å². The summed E-state index contributed by atoms with van der Waals surface area (Å²) < 4.78 is 44.3. The summed E-state index contributed by atoms with van der Waals surface area (Å²) in [6.45, 7) is 15.6. The molecular formula is C21H35F3N4OS. The predicted molar refractivity (Wildman–Crippen MR) is 118 cm³/mol. The van der Waals surface area contributed by atoms with E-state index in [1.807, 2.05) is 6.20 Å². The maximum atomic E-state index is 12.7. The van der Waals surface area contributed by atoms with Crippen LogP contribution >= 0.6 is 12.2 Å². The fourth-order valence-electron chi connectivity index (χ4n) is 5.07. The number of nitrogens with zero attached hydrogens (tertiary/aromatic N) is 3. The predicted octanol–water partition coefficient (Wildman–Crippen LogP) is 3.39. The second-order valence-electron chi connectivity index (χ2n) is 8.56. The lowest BCUT2D eigenvalue weighted by Gasteiger charge is -2.50. The van der Waals surface area contributed by atoms with Crippen LogP contribution in [0.25, 0.3) is 0 Å². The van der Waals surface area contributed by atoms with E-state index in [1.165, 1.54) is 10.4 Å². The second kappa shape index (κ2) is 9.14. The number of thiocarbonyl (C=S) groups is 1. The number of methoxy groups -OCH3 is 1. The first kappa shape index (κ1) is 25.1. The van der Waals surface area contributed by atoms with Crippen LogP contribution < -0.4 is 5.32 Å². The fraction of sp³-hybridized carbons (Fsp3) is 0.762. The number of ether oxygens (including phenoxy) is 1. The zero-order valence-corrected chi connectivity index (χ0v) is 19.7. The van der Waals surface area contributed by atoms with E-state index in [9.17, 15) is 13.2 Å². The van der Waals surface area contributed by atoms with Crippen LogP contribution in [0, 0.1) is 0 Å². The minimum absolute atomic E-state index is 0.00650. The SMILES string of the molecule is C=CN1C(C(C)N2CCN(CC(F)(F)F)CC2)=C(C)C(C)(OC)[C@@]1(C)[C@H](C)NC=S. The molecule has 2 heterocycles. The molecule has 0 amide bonds. The first-order valence-corrected chi connectivity index (χ1v) is 10.8. The van der Waals surface area contributed by atoms with Crippen LogP contribution in [0.2, 0.25) is 0 Å². The normalized spacial score (nSPS) is 31.0. The molecule has 2 rings (SSSR count). The van der Waals surface area contributed by atoms with Gasteiger partial charge >= 0.3 is 6.18 Å². The Morgan fingerprint density at radius 1 is 1.23 bits per heavy atom. The first-order valence-electron chi connectivity index (χ1n) is 10.3. The molecule has 30 heavy (non-hydrogen) atoms. The number of alkyl halides is 3. The van der Waals surface area contributed by atoms with Crippen molar-refractivity contribution < 1.29 is 17.9 Å². The van der Waals surface area contributed by atoms with Crippen molar-refractivity contribution in [2.45, 2.75) is 64.0 Å². The summed E-state index contributed by atoms with van der Waals surface area (Å²) in [5.41, 5.74) is 2.59. The maximum absolute atomic E-state index is 12.7. The van der Waals surface area contributed by atoms with Gasteiger partial charge in [-0.15, -0.1) is 0 Å². The lowest BCUT2D eigenvalue weighted by atomic mass is 9.75. The Bertz CT molecular complexity index is 678. The summed E-state index contributed by atoms with van der Waals surface area (Å²) in [6.07, 6.45) is -2.34. The Balaban J connectivity index is 2.31. The zero-order valence-electron chi connectivity index (χ0n) is 18.8. The average Bonchev–Trinajstić information content (AvgIpc) is 2.86. The monoisotopic (exact) mass is 448 g/mol. The van der Waals surface area contributed by atoms with Crippen molar-refractivity contribution in [3.05, 3.63) is 24.0 Å². The molecule has 4 atom stereocenters. The molecule has 1 N–H and O–H groups in total. The summed E-state index contributed by atoms with van der Waals surface area (Å²) >= 11 is 5.03. The van der Waals surface area contributed by atoms with Gasteiger partial charge in [0, 0.05) is 51.1 Å². The van der Waals surface area contributed by atoms with E-state index in [0.29, 0.717) is 26.2 Å². The highest BCUT2D eigenvalue weighted by molar-refractivity contribution is 7.78. The Morgan fingerprint density at radius 3 is 2.23 bits per heavy atom. The summed E-state index contributed by atoms with van der Waals surface area (Å²) in [5, 5.41) is 3.24. The van der Waals surface area contributed by atoms with Crippen molar-refractivity contribution in [3.63, 3.8) is 0 Å². The topological polar surface area (TPSA) is 31.0 Å². The van der Waals surface area contributed by atoms with Crippen LogP contribution in [-0.4, -0.2) is 89.4 Å². The summed E-state index contributed by atoms with van der Waals surface area (Å²) in [7, 11) is 1.71. The van der Waals surface area contributed by atoms with Crippen LogP contribution in [0.3, 0.4) is 0 Å². The molecule has 0 saturated carbocycles. The highest BCUT2D eigenvalue weighted by Gasteiger charge is 2.60. The lowest BCUT2D eigenvalue weighted by Crippen LogP contribution is -2.65. The first-order chi connectivity index (χ1) is 13.9. The van der Waals surface area contributed by atoms with E-state index in [2.05, 4.69) is 56.3 Å². The van der Waals surface area contributed by atoms with Crippen LogP contribution in [0.4, 0.5) is 13.2 Å². The Morgan fingerprint density at radius 2 is 1.80 bits per heavy atom. The maximum Gasteiger partial charge on any atom is 0.401 e. The van der Waals surface area contributed by atoms with Gasteiger partial charge in [-0.25, -0.2) is 0 Å². The third kappa shape index (κ3) is 4.26. The van der Waals surface area contributed by atoms with E-state index < -0.39 is 23.9 Å². The zero-order chi connectivity index (χ0) is 22.9. The number of rotatable bonds is 8. The second-order valence-corrected chi connectivity index (χ2v) is 8.79. The smallest absolute Gasteiger partial charge is 0.377 e. The van der Waals surface area contributed by atoms with Gasteiger partial charge in [-0.1, -0.05) is 18.8 Å². The molecule has 0 radical (unpaired) electrons. The molecule has 2 unspecified atom stereocenters. The Hall–Kier alpha value is -1.16. The highest BCUT2D eigenvalue weighted by Crippen LogP contribution is 2.50. The standard InChI is InChI=1S/C21H35F3N4OS/c1-8-28-18(15(2)20(6,29-7)19(28,5)17(4)25-14-30)16(3)27-11-9-26(10-12-27)13-21(22,23)24/h8,14,16-17H,1,9-13H2,2-7H3,(H,25,30)/t16?,17-,19+,20?/m0/s1. The van der Waals surface area contributed by atoms with Gasteiger partial charge in [0.15, 0.2) is 0 Å². The summed E-state index contributed by atoms with van der Waals surface area (Å²) in [5.74, 6) is 0. The molecule has 2 aliphatic heterocycles. The lowest BCUT2D eigenvalue weighted by molar-refractivity contribution is -0.149. The molecule has 0 spiro atoms. The Labute approximate surface area is 183 Å². The molecule has 172 valence electrons. The molecule has 0 aromatic rings. The van der Waals surface area contributed by atoms with Crippen molar-refractivity contribution in [2.75, 3.05) is 39.8 Å². The molecule has 2 aliphatic rings. The molecule has 0 bridgehead atoms. The molecule has 1 fully saturated rings. The summed E-state index contributed by atoms with van der Waals surface area (Å²) in [6, 6.07) is -0.0340. The highest BCUT2D eigenvalue weighted by atomic mass is 32.1. The van der Waals surface area contributed by atoms with Gasteiger partial charge in [0.2, 0.25) is 0 Å². The molecule has 0 aromatic carbocycles. The largest absolute Gasteiger partial charge is 0.401 e. The number of nitrogens with one attached hydrogen (secondary N) is 1. The van der Waals surface area contributed by atoms with Gasteiger partial charge < -0.3 is 15.0 Å². The third-order valence-corrected chi connectivity index (χ3v) is 7.47. The minimum Gasteiger partial charge on any atom is -0.377 e. The Kier molecular flexibility index (Phi) is 7.65. The number of halogens is 3. The van der Waals surface area contributed by atoms with Gasteiger partial charge in [-0.05, 0) is 46.4 Å². The molecular weight excluding hydrogens is 413 g/mol. The van der Waals surface area contributed by atoms with Crippen LogP contribution in [-0.2, 0) is 4.74 Å². The molecule has 0 aromatic heterocycles. The van der Waals surface area contributed by atoms with Crippen LogP contribution in [0.1, 0.15) is 34.6 Å². The minimum atomic E-state index is -4.16. The fourth-order valence-corrected chi connectivity index (χ4v) is 5.27. The number of hydrogen-bond acceptors (Lipinski definition) is 5. The van der Waals surface area contributed by atoms with Crippen molar-refractivity contribution in [2.24, 2.45) is 0 Å². The van der Waals surface area contributed by atoms with Crippen molar-refractivity contribution in [1.29, 1.82) is 0 Å². The molecule has 5 nitrogen and oxygen atoms in total. The van der Waals surface area contributed by atoms with Gasteiger partial charge in [-0.2, -0.15) is 13.2 Å². The average molecular weight is 449 g/mol. The van der Waals surface area contributed by atoms with Crippen molar-refractivity contribution in [1.82, 2.24) is 20.0 Å². The van der Waals surface area contributed by atoms with Crippen LogP contribution in [0.5, 0.6) is 0 Å². The van der Waals surface area contributed by atoms with Crippen LogP contribution in [0.15, 0.2) is 24.0 Å². The van der Waals surface area contributed by atoms with Gasteiger partial charge in [0.1, 0.15) is 5.60 Å².